The van der Waals surface area contributed by atoms with Crippen LogP contribution in [-0.4, -0.2) is 68.7 Å². The number of hydrogen-bond acceptors (Lipinski definition) is 4. The van der Waals surface area contributed by atoms with E-state index in [0.717, 1.165) is 0 Å². The molecule has 8 heteroatoms. The van der Waals surface area contributed by atoms with Crippen molar-refractivity contribution in [1.29, 1.82) is 0 Å². The fraction of sp³-hybridized carbons (Fsp3) is 0. The zero-order chi connectivity index (χ0) is 4.50. The Bertz CT molecular complexity index is 24.0. The first kappa shape index (κ1) is 23.1. The Balaban J connectivity index is -0.0000000267. The zero-order valence-electron chi connectivity index (χ0n) is 3.29. The second-order valence-corrected chi connectivity index (χ2v) is 1.80. The molecule has 0 rings (SSSR count). The van der Waals surface area contributed by atoms with Gasteiger partial charge in [0, 0.05) is 0 Å². The normalized spacial score (nSPS) is 7.50. The Kier molecular flexibility index (Phi) is 23.0. The van der Waals surface area contributed by atoms with E-state index < -0.39 is 9.05 Å². The third kappa shape index (κ3) is 261. The van der Waals surface area contributed by atoms with Crippen molar-refractivity contribution in [1.82, 2.24) is 0 Å². The molecule has 0 aromatic carbocycles. The Morgan fingerprint density at radius 3 is 0.750 bits per heavy atom. The molecule has 0 amide bonds. The van der Waals surface area contributed by atoms with E-state index in [1.807, 2.05) is 0 Å². The Labute approximate surface area is 68.8 Å². The van der Waals surface area contributed by atoms with E-state index in [9.17, 15) is 0 Å². The first-order valence-corrected chi connectivity index (χ1v) is 2.68. The SMILES string of the molecule is O.O.O[Si](O)(O)O.[NaH]. The van der Waals surface area contributed by atoms with Gasteiger partial charge in [0.25, 0.3) is 0 Å². The van der Waals surface area contributed by atoms with Gasteiger partial charge < -0.3 is 30.1 Å². The van der Waals surface area contributed by atoms with Crippen LogP contribution < -0.4 is 0 Å². The van der Waals surface area contributed by atoms with Gasteiger partial charge in [-0.2, -0.15) is 0 Å². The summed E-state index contributed by atoms with van der Waals surface area (Å²) < 4.78 is 0. The maximum atomic E-state index is 7.33. The van der Waals surface area contributed by atoms with E-state index in [1.165, 1.54) is 0 Å². The van der Waals surface area contributed by atoms with Crippen molar-refractivity contribution in [2.24, 2.45) is 0 Å². The summed E-state index contributed by atoms with van der Waals surface area (Å²) >= 11 is 0. The molecule has 0 spiro atoms. The van der Waals surface area contributed by atoms with Gasteiger partial charge in [0.05, 0.1) is 0 Å². The zero-order valence-corrected chi connectivity index (χ0v) is 4.29. The third-order valence-corrected chi connectivity index (χ3v) is 0. The topological polar surface area (TPSA) is 144 Å². The van der Waals surface area contributed by atoms with Crippen LogP contribution in [0.4, 0.5) is 0 Å². The van der Waals surface area contributed by atoms with Gasteiger partial charge >= 0.3 is 38.6 Å². The van der Waals surface area contributed by atoms with Crippen LogP contribution in [0.5, 0.6) is 0 Å². The first-order valence-electron chi connectivity index (χ1n) is 0.894. The molecule has 0 fully saturated rings. The maximum absolute atomic E-state index is 7.33. The van der Waals surface area contributed by atoms with Crippen molar-refractivity contribution in [3.05, 3.63) is 0 Å². The average molecular weight is 156 g/mol. The predicted molar refractivity (Wildman–Crippen MR) is 29.0 cm³/mol. The molecule has 8 heavy (non-hydrogen) atoms. The summed E-state index contributed by atoms with van der Waals surface area (Å²) in [6, 6.07) is 0. The van der Waals surface area contributed by atoms with Crippen LogP contribution in [0.25, 0.3) is 0 Å². The van der Waals surface area contributed by atoms with Crippen molar-refractivity contribution in [3.8, 4) is 0 Å². The van der Waals surface area contributed by atoms with Crippen LogP contribution in [0.1, 0.15) is 0 Å². The average Bonchev–Trinajstić information content (AvgIpc) is 0.722. The Morgan fingerprint density at radius 2 is 0.750 bits per heavy atom. The summed E-state index contributed by atoms with van der Waals surface area (Å²) in [5.74, 6) is 0. The third-order valence-electron chi connectivity index (χ3n) is 0. The van der Waals surface area contributed by atoms with Crippen molar-refractivity contribution < 1.29 is 30.1 Å². The van der Waals surface area contributed by atoms with E-state index in [0.29, 0.717) is 0 Å². The van der Waals surface area contributed by atoms with Crippen molar-refractivity contribution in [3.63, 3.8) is 0 Å². The first-order chi connectivity index (χ1) is 2.00. The van der Waals surface area contributed by atoms with Crippen LogP contribution in [0, 0.1) is 0 Å². The molecule has 0 atom stereocenters. The summed E-state index contributed by atoms with van der Waals surface area (Å²) in [4.78, 5) is 29.3. The number of hydrogen-bond donors (Lipinski definition) is 4. The summed E-state index contributed by atoms with van der Waals surface area (Å²) in [6.45, 7) is 0. The molecule has 0 unspecified atom stereocenters. The molecule has 0 aliphatic carbocycles. The second kappa shape index (κ2) is 7.98. The van der Waals surface area contributed by atoms with Crippen LogP contribution in [0.2, 0.25) is 0 Å². The van der Waals surface area contributed by atoms with Gasteiger partial charge in [0.1, 0.15) is 0 Å². The number of rotatable bonds is 0. The predicted octanol–water partition coefficient (Wildman–Crippen LogP) is -4.91. The van der Waals surface area contributed by atoms with Gasteiger partial charge in [-0.05, 0) is 0 Å². The van der Waals surface area contributed by atoms with Gasteiger partial charge in [0.2, 0.25) is 0 Å². The minimum absolute atomic E-state index is 0. The molecule has 8 N–H and O–H groups in total. The molecule has 0 bridgehead atoms. The standard InChI is InChI=1S/Na.H4O4Si.2H2O.H/c;1-5(2,3)4;;;/h;1-4H;2*1H2;. The summed E-state index contributed by atoms with van der Waals surface area (Å²) in [5.41, 5.74) is 0. The van der Waals surface area contributed by atoms with E-state index in [4.69, 9.17) is 19.2 Å². The molecule has 0 saturated carbocycles. The van der Waals surface area contributed by atoms with Crippen molar-refractivity contribution >= 4 is 38.6 Å². The fourth-order valence-corrected chi connectivity index (χ4v) is 0. The fourth-order valence-electron chi connectivity index (χ4n) is 0. The van der Waals surface area contributed by atoms with Crippen LogP contribution in [-0.2, 0) is 0 Å². The van der Waals surface area contributed by atoms with E-state index in [-0.39, 0.29) is 40.5 Å². The van der Waals surface area contributed by atoms with Crippen LogP contribution >= 0.6 is 0 Å². The molecule has 50 valence electrons. The summed E-state index contributed by atoms with van der Waals surface area (Å²) in [7, 11) is -4.61. The molecule has 0 heterocycles. The summed E-state index contributed by atoms with van der Waals surface area (Å²) in [5, 5.41) is 0. The monoisotopic (exact) mass is 156 g/mol. The molecule has 0 radical (unpaired) electrons. The Morgan fingerprint density at radius 1 is 0.750 bits per heavy atom. The van der Waals surface area contributed by atoms with Crippen molar-refractivity contribution in [2.75, 3.05) is 0 Å². The summed E-state index contributed by atoms with van der Waals surface area (Å²) in [6.07, 6.45) is 0. The molecular formula is H9NaO6Si. The van der Waals surface area contributed by atoms with Gasteiger partial charge in [-0.25, -0.2) is 0 Å². The molecule has 0 aromatic heterocycles. The molecule has 0 aromatic rings. The second-order valence-electron chi connectivity index (χ2n) is 0.600. The molecule has 0 saturated heterocycles. The van der Waals surface area contributed by atoms with Gasteiger partial charge in [-0.3, -0.25) is 0 Å². The van der Waals surface area contributed by atoms with E-state index in [2.05, 4.69) is 0 Å². The van der Waals surface area contributed by atoms with Crippen LogP contribution in [0.15, 0.2) is 0 Å². The van der Waals surface area contributed by atoms with Gasteiger partial charge in [0.15, 0.2) is 0 Å². The van der Waals surface area contributed by atoms with Crippen molar-refractivity contribution in [2.45, 2.75) is 0 Å². The Hall–Kier alpha value is 0.977. The quantitative estimate of drug-likeness (QED) is 0.260. The van der Waals surface area contributed by atoms with Gasteiger partial charge in [-0.1, -0.05) is 0 Å². The molecular weight excluding hydrogens is 147 g/mol. The van der Waals surface area contributed by atoms with E-state index in [1.54, 1.807) is 0 Å². The molecule has 0 aliphatic rings. The van der Waals surface area contributed by atoms with Crippen LogP contribution in [0.3, 0.4) is 0 Å². The molecule has 0 aliphatic heterocycles. The minimum atomic E-state index is -4.61. The van der Waals surface area contributed by atoms with Gasteiger partial charge in [-0.15, -0.1) is 0 Å². The van der Waals surface area contributed by atoms with E-state index >= 15 is 0 Å². The molecule has 6 nitrogen and oxygen atoms in total.